The van der Waals surface area contributed by atoms with E-state index >= 15 is 0 Å². The maximum absolute atomic E-state index is 13.9. The van der Waals surface area contributed by atoms with Crippen molar-refractivity contribution in [3.63, 3.8) is 0 Å². The lowest BCUT2D eigenvalue weighted by molar-refractivity contribution is -0.139. The number of carbonyl (C=O) groups excluding carboxylic acids is 2. The van der Waals surface area contributed by atoms with Crippen LogP contribution in [0.2, 0.25) is 5.02 Å². The number of methoxy groups -OCH3 is 2. The van der Waals surface area contributed by atoms with Gasteiger partial charge in [0.25, 0.3) is 10.0 Å². The first-order valence-electron chi connectivity index (χ1n) is 12.7. The largest absolute Gasteiger partial charge is 0.493 e. The predicted octanol–water partition coefficient (Wildman–Crippen LogP) is 4.50. The Labute approximate surface area is 240 Å². The normalized spacial score (nSPS) is 11.8. The molecule has 0 bridgehead atoms. The van der Waals surface area contributed by atoms with Gasteiger partial charge in [-0.15, -0.1) is 0 Å². The van der Waals surface area contributed by atoms with Crippen molar-refractivity contribution >= 4 is 39.1 Å². The smallest absolute Gasteiger partial charge is 0.264 e. The third-order valence-corrected chi connectivity index (χ3v) is 8.25. The number of halogens is 1. The number of ether oxygens (including phenoxy) is 2. The summed E-state index contributed by atoms with van der Waals surface area (Å²) in [4.78, 5) is 28.2. The first-order valence-corrected chi connectivity index (χ1v) is 14.6. The Kier molecular flexibility index (Phi) is 10.8. The standard InChI is InChI=1S/C29H34ClN3O6S/c1-5-16-31-29(35)21(2)32(19-22-10-9-11-23(30)17-22)28(34)20-33(40(36,37)25-12-7-6-8-13-25)24-14-15-26(38-3)27(18-24)39-4/h6-15,17-18,21H,5,16,19-20H2,1-4H3,(H,31,35)/t21-/m0/s1. The minimum atomic E-state index is -4.20. The quantitative estimate of drug-likeness (QED) is 0.316. The number of amides is 2. The minimum Gasteiger partial charge on any atom is -0.493 e. The molecule has 0 spiro atoms. The van der Waals surface area contributed by atoms with Gasteiger partial charge in [0, 0.05) is 24.2 Å². The molecular weight excluding hydrogens is 554 g/mol. The number of rotatable bonds is 13. The van der Waals surface area contributed by atoms with E-state index < -0.39 is 28.5 Å². The third kappa shape index (κ3) is 7.45. The molecule has 0 aliphatic rings. The van der Waals surface area contributed by atoms with Crippen LogP contribution in [0, 0.1) is 0 Å². The Balaban J connectivity index is 2.06. The molecule has 0 aliphatic heterocycles. The summed E-state index contributed by atoms with van der Waals surface area (Å²) in [5, 5.41) is 3.29. The molecule has 40 heavy (non-hydrogen) atoms. The lowest BCUT2D eigenvalue weighted by Gasteiger charge is -2.32. The average Bonchev–Trinajstić information content (AvgIpc) is 2.96. The number of carbonyl (C=O) groups is 2. The third-order valence-electron chi connectivity index (χ3n) is 6.22. The van der Waals surface area contributed by atoms with Crippen LogP contribution in [0.15, 0.2) is 77.7 Å². The summed E-state index contributed by atoms with van der Waals surface area (Å²) < 4.78 is 39.5. The summed E-state index contributed by atoms with van der Waals surface area (Å²) in [5.74, 6) is -0.225. The molecule has 3 aromatic carbocycles. The van der Waals surface area contributed by atoms with Gasteiger partial charge in [0.2, 0.25) is 11.8 Å². The molecule has 3 rings (SSSR count). The number of sulfonamides is 1. The maximum Gasteiger partial charge on any atom is 0.264 e. The molecule has 0 radical (unpaired) electrons. The van der Waals surface area contributed by atoms with Crippen LogP contribution in [-0.4, -0.2) is 58.5 Å². The Morgan fingerprint density at radius 1 is 0.950 bits per heavy atom. The second kappa shape index (κ2) is 14.0. The van der Waals surface area contributed by atoms with E-state index in [2.05, 4.69) is 5.32 Å². The molecule has 3 aromatic rings. The van der Waals surface area contributed by atoms with Crippen LogP contribution in [0.3, 0.4) is 0 Å². The molecule has 1 N–H and O–H groups in total. The number of anilines is 1. The fourth-order valence-electron chi connectivity index (χ4n) is 4.04. The Bertz CT molecular complexity index is 1420. The predicted molar refractivity (Wildman–Crippen MR) is 155 cm³/mol. The molecular formula is C29H34ClN3O6S. The van der Waals surface area contributed by atoms with E-state index in [1.54, 1.807) is 55.5 Å². The van der Waals surface area contributed by atoms with Crippen LogP contribution >= 0.6 is 11.6 Å². The maximum atomic E-state index is 13.9. The summed E-state index contributed by atoms with van der Waals surface area (Å²) in [5.41, 5.74) is 0.889. The number of benzene rings is 3. The van der Waals surface area contributed by atoms with Crippen molar-refractivity contribution in [3.8, 4) is 11.5 Å². The van der Waals surface area contributed by atoms with Gasteiger partial charge in [0.1, 0.15) is 12.6 Å². The minimum absolute atomic E-state index is 0.00714. The summed E-state index contributed by atoms with van der Waals surface area (Å²) in [6, 6.07) is 18.5. The van der Waals surface area contributed by atoms with Gasteiger partial charge in [-0.1, -0.05) is 48.9 Å². The Morgan fingerprint density at radius 3 is 2.27 bits per heavy atom. The topological polar surface area (TPSA) is 105 Å². The molecule has 0 aromatic heterocycles. The van der Waals surface area contributed by atoms with Gasteiger partial charge >= 0.3 is 0 Å². The van der Waals surface area contributed by atoms with Crippen LogP contribution < -0.4 is 19.1 Å². The van der Waals surface area contributed by atoms with Crippen molar-refractivity contribution in [2.24, 2.45) is 0 Å². The number of nitrogens with one attached hydrogen (secondary N) is 1. The van der Waals surface area contributed by atoms with Crippen LogP contribution in [0.1, 0.15) is 25.8 Å². The molecule has 0 fully saturated rings. The summed E-state index contributed by atoms with van der Waals surface area (Å²) in [6.07, 6.45) is 0.725. The van der Waals surface area contributed by atoms with Gasteiger partial charge in [-0.3, -0.25) is 13.9 Å². The molecule has 0 aliphatic carbocycles. The molecule has 0 saturated heterocycles. The highest BCUT2D eigenvalue weighted by atomic mass is 35.5. The van der Waals surface area contributed by atoms with Crippen molar-refractivity contribution < 1.29 is 27.5 Å². The fourth-order valence-corrected chi connectivity index (χ4v) is 5.68. The molecule has 0 unspecified atom stereocenters. The van der Waals surface area contributed by atoms with E-state index in [1.165, 1.54) is 43.4 Å². The lowest BCUT2D eigenvalue weighted by Crippen LogP contribution is -2.51. The molecule has 0 saturated carbocycles. The average molecular weight is 588 g/mol. The summed E-state index contributed by atoms with van der Waals surface area (Å²) in [6.45, 7) is 3.46. The first kappa shape index (κ1) is 30.8. The zero-order valence-corrected chi connectivity index (χ0v) is 24.5. The highest BCUT2D eigenvalue weighted by molar-refractivity contribution is 7.92. The zero-order valence-electron chi connectivity index (χ0n) is 23.0. The molecule has 9 nitrogen and oxygen atoms in total. The zero-order chi connectivity index (χ0) is 29.3. The van der Waals surface area contributed by atoms with Crippen molar-refractivity contribution in [3.05, 3.63) is 83.4 Å². The first-order chi connectivity index (χ1) is 19.1. The van der Waals surface area contributed by atoms with Crippen LogP contribution in [0.5, 0.6) is 11.5 Å². The van der Waals surface area contributed by atoms with E-state index in [1.807, 2.05) is 6.92 Å². The molecule has 1 atom stereocenters. The van der Waals surface area contributed by atoms with Crippen LogP contribution in [-0.2, 0) is 26.2 Å². The van der Waals surface area contributed by atoms with E-state index in [0.717, 1.165) is 10.7 Å². The SMILES string of the molecule is CCCNC(=O)[C@H](C)N(Cc1cccc(Cl)c1)C(=O)CN(c1ccc(OC)c(OC)c1)S(=O)(=O)c1ccccc1. The van der Waals surface area contributed by atoms with Gasteiger partial charge in [0.05, 0.1) is 24.8 Å². The van der Waals surface area contributed by atoms with E-state index in [4.69, 9.17) is 21.1 Å². The Morgan fingerprint density at radius 2 is 1.65 bits per heavy atom. The highest BCUT2D eigenvalue weighted by Gasteiger charge is 2.33. The fraction of sp³-hybridized carbons (Fsp3) is 0.310. The van der Waals surface area contributed by atoms with Crippen LogP contribution in [0.25, 0.3) is 0 Å². The highest BCUT2D eigenvalue weighted by Crippen LogP contribution is 2.34. The molecule has 214 valence electrons. The summed E-state index contributed by atoms with van der Waals surface area (Å²) in [7, 11) is -1.29. The number of hydrogen-bond donors (Lipinski definition) is 1. The van der Waals surface area contributed by atoms with Crippen molar-refractivity contribution in [1.82, 2.24) is 10.2 Å². The molecule has 11 heteroatoms. The van der Waals surface area contributed by atoms with E-state index in [9.17, 15) is 18.0 Å². The number of hydrogen-bond acceptors (Lipinski definition) is 6. The monoisotopic (exact) mass is 587 g/mol. The second-order valence-electron chi connectivity index (χ2n) is 8.98. The van der Waals surface area contributed by atoms with E-state index in [0.29, 0.717) is 28.6 Å². The van der Waals surface area contributed by atoms with E-state index in [-0.39, 0.29) is 23.0 Å². The number of nitrogens with zero attached hydrogens (tertiary/aromatic N) is 2. The van der Waals surface area contributed by atoms with Crippen molar-refractivity contribution in [2.75, 3.05) is 31.6 Å². The van der Waals surface area contributed by atoms with Gasteiger partial charge in [0.15, 0.2) is 11.5 Å². The van der Waals surface area contributed by atoms with Gasteiger partial charge in [-0.25, -0.2) is 8.42 Å². The summed E-state index contributed by atoms with van der Waals surface area (Å²) >= 11 is 6.17. The van der Waals surface area contributed by atoms with Gasteiger partial charge in [-0.2, -0.15) is 0 Å². The Hall–Kier alpha value is -3.76. The molecule has 0 heterocycles. The van der Waals surface area contributed by atoms with Crippen molar-refractivity contribution in [2.45, 2.75) is 37.8 Å². The molecule has 2 amide bonds. The van der Waals surface area contributed by atoms with Crippen molar-refractivity contribution in [1.29, 1.82) is 0 Å². The second-order valence-corrected chi connectivity index (χ2v) is 11.3. The van der Waals surface area contributed by atoms with Crippen LogP contribution in [0.4, 0.5) is 5.69 Å². The van der Waals surface area contributed by atoms with Gasteiger partial charge < -0.3 is 19.7 Å². The van der Waals surface area contributed by atoms with Gasteiger partial charge in [-0.05, 0) is 55.3 Å². The lowest BCUT2D eigenvalue weighted by atomic mass is 10.1.